The largest absolute Gasteiger partial charge is 0.492 e. The number of rotatable bonds is 6. The first-order valence-corrected chi connectivity index (χ1v) is 11.6. The highest BCUT2D eigenvalue weighted by molar-refractivity contribution is 5.94. The van der Waals surface area contributed by atoms with Crippen LogP contribution in [0.25, 0.3) is 11.1 Å². The van der Waals surface area contributed by atoms with Gasteiger partial charge in [0.15, 0.2) is 0 Å². The number of carboxylic acid groups (broad SMARTS) is 1. The number of nitrogens with two attached hydrogens (primary N) is 1. The van der Waals surface area contributed by atoms with Gasteiger partial charge in [-0.05, 0) is 78.8 Å². The zero-order valence-corrected chi connectivity index (χ0v) is 19.6. The molecule has 180 valence electrons. The van der Waals surface area contributed by atoms with Crippen molar-refractivity contribution in [1.29, 1.82) is 0 Å². The number of aryl methyl sites for hydroxylation is 2. The maximum atomic E-state index is 15.1. The summed E-state index contributed by atoms with van der Waals surface area (Å²) in [5.41, 5.74) is 11.9. The number of aliphatic carboxylic acids is 1. The Morgan fingerprint density at radius 2 is 1.89 bits per heavy atom. The quantitative estimate of drug-likeness (QED) is 0.509. The van der Waals surface area contributed by atoms with Crippen LogP contribution in [0.3, 0.4) is 0 Å². The molecule has 1 aliphatic carbocycles. The lowest BCUT2D eigenvalue weighted by molar-refractivity contribution is -0.137. The van der Waals surface area contributed by atoms with Crippen molar-refractivity contribution < 1.29 is 28.6 Å². The third-order valence-corrected chi connectivity index (χ3v) is 6.93. The summed E-state index contributed by atoms with van der Waals surface area (Å²) in [5, 5.41) is 9.10. The van der Waals surface area contributed by atoms with Gasteiger partial charge in [-0.2, -0.15) is 0 Å². The van der Waals surface area contributed by atoms with Crippen LogP contribution in [0.1, 0.15) is 63.0 Å². The molecule has 2 aliphatic rings. The van der Waals surface area contributed by atoms with E-state index >= 15 is 4.39 Å². The monoisotopic (exact) mass is 475 g/mol. The molecule has 1 aliphatic heterocycles. The second kappa shape index (κ2) is 8.73. The third-order valence-electron chi connectivity index (χ3n) is 6.93. The van der Waals surface area contributed by atoms with Gasteiger partial charge in [0.25, 0.3) is 0 Å². The average molecular weight is 476 g/mol. The fourth-order valence-electron chi connectivity index (χ4n) is 5.43. The van der Waals surface area contributed by atoms with Gasteiger partial charge in [-0.3, -0.25) is 9.59 Å². The van der Waals surface area contributed by atoms with Gasteiger partial charge < -0.3 is 20.3 Å². The number of hydrogen-bond donors (Lipinski definition) is 2. The molecule has 0 bridgehead atoms. The number of amides is 1. The molecule has 5 rings (SSSR count). The summed E-state index contributed by atoms with van der Waals surface area (Å²) in [6.07, 6.45) is 0.840. The van der Waals surface area contributed by atoms with Crippen molar-refractivity contribution in [3.8, 4) is 22.6 Å². The van der Waals surface area contributed by atoms with Crippen LogP contribution in [0, 0.1) is 19.7 Å². The zero-order valence-electron chi connectivity index (χ0n) is 19.6. The molecule has 35 heavy (non-hydrogen) atoms. The second-order valence-corrected chi connectivity index (χ2v) is 9.29. The number of benzene rings is 3. The first-order valence-electron chi connectivity index (χ1n) is 11.6. The summed E-state index contributed by atoms with van der Waals surface area (Å²) < 4.78 is 27.0. The van der Waals surface area contributed by atoms with Gasteiger partial charge in [0.2, 0.25) is 5.91 Å². The second-order valence-electron chi connectivity index (χ2n) is 9.29. The summed E-state index contributed by atoms with van der Waals surface area (Å²) in [7, 11) is 0. The van der Waals surface area contributed by atoms with E-state index in [2.05, 4.69) is 0 Å². The van der Waals surface area contributed by atoms with E-state index in [1.165, 1.54) is 6.07 Å². The lowest BCUT2D eigenvalue weighted by Gasteiger charge is -2.19. The van der Waals surface area contributed by atoms with Gasteiger partial charge >= 0.3 is 5.97 Å². The molecule has 0 radical (unpaired) electrons. The molecule has 6 nitrogen and oxygen atoms in total. The molecule has 1 heterocycles. The fourth-order valence-corrected chi connectivity index (χ4v) is 5.43. The van der Waals surface area contributed by atoms with Gasteiger partial charge in [0.05, 0.1) is 13.0 Å². The van der Waals surface area contributed by atoms with Gasteiger partial charge in [0, 0.05) is 28.7 Å². The van der Waals surface area contributed by atoms with E-state index in [9.17, 15) is 9.59 Å². The number of hydrogen-bond acceptors (Lipinski definition) is 4. The van der Waals surface area contributed by atoms with Crippen LogP contribution in [0.5, 0.6) is 11.5 Å². The van der Waals surface area contributed by atoms with Gasteiger partial charge in [-0.15, -0.1) is 0 Å². The first kappa shape index (κ1) is 22.9. The lowest BCUT2D eigenvalue weighted by atomic mass is 9.89. The number of ether oxygens (including phenoxy) is 2. The maximum Gasteiger partial charge on any atom is 0.304 e. The minimum Gasteiger partial charge on any atom is -0.492 e. The highest BCUT2D eigenvalue weighted by Crippen LogP contribution is 2.45. The van der Waals surface area contributed by atoms with Crippen LogP contribution in [-0.4, -0.2) is 23.6 Å². The molecular formula is C28H26FNO5. The van der Waals surface area contributed by atoms with E-state index < -0.39 is 18.0 Å². The van der Waals surface area contributed by atoms with Crippen molar-refractivity contribution in [3.05, 3.63) is 81.7 Å². The Morgan fingerprint density at radius 3 is 2.57 bits per heavy atom. The SMILES string of the molecule is Cc1cc(C(N)=O)cc(C)c1-c1ccc(F)c2c1CC[C@H]2Oc1ccc2c(c1)OCC2CC(=O)O. The molecule has 0 saturated heterocycles. The average Bonchev–Trinajstić information content (AvgIpc) is 3.39. The van der Waals surface area contributed by atoms with Crippen LogP contribution in [-0.2, 0) is 11.2 Å². The first-order chi connectivity index (χ1) is 16.7. The molecule has 0 fully saturated rings. The Morgan fingerprint density at radius 1 is 1.14 bits per heavy atom. The summed E-state index contributed by atoms with van der Waals surface area (Å²) in [5.74, 6) is -0.670. The summed E-state index contributed by atoms with van der Waals surface area (Å²) in [4.78, 5) is 22.8. The highest BCUT2D eigenvalue weighted by Gasteiger charge is 2.32. The van der Waals surface area contributed by atoms with Gasteiger partial charge in [-0.1, -0.05) is 12.1 Å². The van der Waals surface area contributed by atoms with Gasteiger partial charge in [-0.25, -0.2) is 4.39 Å². The van der Waals surface area contributed by atoms with Crippen molar-refractivity contribution in [2.75, 3.05) is 6.61 Å². The van der Waals surface area contributed by atoms with Crippen LogP contribution >= 0.6 is 0 Å². The maximum absolute atomic E-state index is 15.1. The van der Waals surface area contributed by atoms with Crippen LogP contribution in [0.15, 0.2) is 42.5 Å². The van der Waals surface area contributed by atoms with Crippen molar-refractivity contribution in [2.24, 2.45) is 5.73 Å². The van der Waals surface area contributed by atoms with Crippen LogP contribution in [0.2, 0.25) is 0 Å². The fraction of sp³-hybridized carbons (Fsp3) is 0.286. The van der Waals surface area contributed by atoms with Crippen molar-refractivity contribution in [3.63, 3.8) is 0 Å². The summed E-state index contributed by atoms with van der Waals surface area (Å²) in [6.45, 7) is 4.17. The van der Waals surface area contributed by atoms with Crippen LogP contribution in [0.4, 0.5) is 4.39 Å². The molecule has 1 unspecified atom stereocenters. The van der Waals surface area contributed by atoms with Crippen molar-refractivity contribution >= 4 is 11.9 Å². The summed E-state index contributed by atoms with van der Waals surface area (Å²) in [6, 6.07) is 12.2. The minimum absolute atomic E-state index is 0.0104. The molecule has 2 atom stereocenters. The van der Waals surface area contributed by atoms with E-state index in [1.807, 2.05) is 19.9 Å². The molecule has 0 spiro atoms. The number of halogens is 1. The molecule has 3 aromatic carbocycles. The Labute approximate surface area is 202 Å². The number of primary amides is 1. The van der Waals surface area contributed by atoms with E-state index in [-0.39, 0.29) is 18.2 Å². The molecular weight excluding hydrogens is 449 g/mol. The molecule has 3 N–H and O–H groups in total. The Balaban J connectivity index is 1.46. The third kappa shape index (κ3) is 4.11. The van der Waals surface area contributed by atoms with E-state index in [0.29, 0.717) is 42.1 Å². The van der Waals surface area contributed by atoms with E-state index in [1.54, 1.807) is 30.3 Å². The zero-order chi connectivity index (χ0) is 24.9. The Hall–Kier alpha value is -3.87. The highest BCUT2D eigenvalue weighted by atomic mass is 19.1. The number of fused-ring (bicyclic) bond motifs is 2. The molecule has 1 amide bonds. The molecule has 7 heteroatoms. The smallest absolute Gasteiger partial charge is 0.304 e. The van der Waals surface area contributed by atoms with E-state index in [0.717, 1.165) is 33.4 Å². The predicted octanol–water partition coefficient (Wildman–Crippen LogP) is 5.23. The minimum atomic E-state index is -0.865. The topological polar surface area (TPSA) is 98.9 Å². The Bertz CT molecular complexity index is 1340. The van der Waals surface area contributed by atoms with Crippen molar-refractivity contribution in [1.82, 2.24) is 0 Å². The van der Waals surface area contributed by atoms with Crippen LogP contribution < -0.4 is 15.2 Å². The predicted molar refractivity (Wildman–Crippen MR) is 128 cm³/mol. The molecule has 0 aromatic heterocycles. The van der Waals surface area contributed by atoms with Gasteiger partial charge in [0.1, 0.15) is 23.4 Å². The molecule has 0 saturated carbocycles. The standard InChI is InChI=1S/C28H26FNO5/c1-14-9-16(28(30)33)10-15(2)26(14)20-5-7-22(29)27-21(20)6-8-23(27)35-18-3-4-19-17(11-25(31)32)13-34-24(19)12-18/h3-5,7,9-10,12,17,23H,6,8,11,13H2,1-2H3,(H2,30,33)(H,31,32)/t17?,23-/m1/s1. The van der Waals surface area contributed by atoms with Crippen molar-refractivity contribution in [2.45, 2.75) is 45.1 Å². The summed E-state index contributed by atoms with van der Waals surface area (Å²) >= 11 is 0. The van der Waals surface area contributed by atoms with E-state index in [4.69, 9.17) is 20.3 Å². The lowest BCUT2D eigenvalue weighted by Crippen LogP contribution is -2.12. The molecule has 3 aromatic rings. The number of carboxylic acids is 1. The number of carbonyl (C=O) groups excluding carboxylic acids is 1. The number of carbonyl (C=O) groups is 2. The Kier molecular flexibility index (Phi) is 5.71. The normalized spacial score (nSPS) is 18.0.